The second-order valence-corrected chi connectivity index (χ2v) is 6.18. The number of para-hydroxylation sites is 1. The quantitative estimate of drug-likeness (QED) is 0.709. The minimum Gasteiger partial charge on any atom is -0.349 e. The maximum Gasteiger partial charge on any atom is 0.451 e. The lowest BCUT2D eigenvalue weighted by atomic mass is 10.1. The lowest BCUT2D eigenvalue weighted by Gasteiger charge is -2.26. The number of aromatic nitrogens is 4. The van der Waals surface area contributed by atoms with E-state index in [-0.39, 0.29) is 6.04 Å². The van der Waals surface area contributed by atoms with Crippen LogP contribution in [-0.4, -0.2) is 26.3 Å². The van der Waals surface area contributed by atoms with Crippen molar-refractivity contribution in [2.45, 2.75) is 25.1 Å². The molecule has 1 aromatic carbocycles. The summed E-state index contributed by atoms with van der Waals surface area (Å²) in [6.45, 7) is 0.651. The van der Waals surface area contributed by atoms with Gasteiger partial charge in [0.05, 0.1) is 17.8 Å². The number of benzene rings is 1. The number of fused-ring (bicyclic) bond motifs is 1. The minimum atomic E-state index is -4.58. The van der Waals surface area contributed by atoms with Crippen molar-refractivity contribution in [1.82, 2.24) is 19.7 Å². The van der Waals surface area contributed by atoms with E-state index < -0.39 is 12.0 Å². The zero-order valence-corrected chi connectivity index (χ0v) is 13.5. The molecule has 3 aromatic rings. The van der Waals surface area contributed by atoms with E-state index in [9.17, 15) is 13.2 Å². The smallest absolute Gasteiger partial charge is 0.349 e. The zero-order chi connectivity index (χ0) is 17.6. The average Bonchev–Trinajstić information content (AvgIpc) is 3.21. The average molecular weight is 347 g/mol. The van der Waals surface area contributed by atoms with E-state index in [1.165, 1.54) is 0 Å². The van der Waals surface area contributed by atoms with E-state index in [0.717, 1.165) is 18.4 Å². The van der Waals surface area contributed by atoms with Gasteiger partial charge >= 0.3 is 6.18 Å². The monoisotopic (exact) mass is 347 g/mol. The van der Waals surface area contributed by atoms with Gasteiger partial charge in [-0.3, -0.25) is 4.68 Å². The molecule has 1 atom stereocenters. The molecule has 0 N–H and O–H groups in total. The number of alkyl halides is 3. The highest BCUT2D eigenvalue weighted by atomic mass is 19.4. The van der Waals surface area contributed by atoms with Gasteiger partial charge in [-0.15, -0.1) is 0 Å². The molecule has 0 aliphatic carbocycles. The van der Waals surface area contributed by atoms with Crippen molar-refractivity contribution in [3.63, 3.8) is 0 Å². The molecule has 4 rings (SSSR count). The summed E-state index contributed by atoms with van der Waals surface area (Å²) >= 11 is 0. The van der Waals surface area contributed by atoms with Gasteiger partial charge in [0.1, 0.15) is 5.82 Å². The van der Waals surface area contributed by atoms with Crippen molar-refractivity contribution in [1.29, 1.82) is 0 Å². The van der Waals surface area contributed by atoms with Crippen LogP contribution in [0.1, 0.15) is 30.3 Å². The van der Waals surface area contributed by atoms with Crippen LogP contribution in [0.2, 0.25) is 0 Å². The Balaban J connectivity index is 1.87. The molecular formula is C17H16F3N5. The molecule has 0 spiro atoms. The fraction of sp³-hybridized carbons (Fsp3) is 0.353. The van der Waals surface area contributed by atoms with Gasteiger partial charge < -0.3 is 4.90 Å². The lowest BCUT2D eigenvalue weighted by molar-refractivity contribution is -0.144. The number of hydrogen-bond acceptors (Lipinski definition) is 4. The fourth-order valence-electron chi connectivity index (χ4n) is 3.38. The Labute approximate surface area is 142 Å². The number of hydrogen-bond donors (Lipinski definition) is 0. The third-order valence-electron chi connectivity index (χ3n) is 4.47. The number of anilines is 1. The van der Waals surface area contributed by atoms with Gasteiger partial charge in [0.15, 0.2) is 0 Å². The number of rotatable bonds is 2. The summed E-state index contributed by atoms with van der Waals surface area (Å²) < 4.78 is 41.4. The number of aryl methyl sites for hydroxylation is 1. The van der Waals surface area contributed by atoms with Crippen molar-refractivity contribution >= 4 is 16.7 Å². The summed E-state index contributed by atoms with van der Waals surface area (Å²) in [6, 6.07) is 6.79. The van der Waals surface area contributed by atoms with Crippen LogP contribution >= 0.6 is 0 Å². The summed E-state index contributed by atoms with van der Waals surface area (Å²) in [5.41, 5.74) is 1.29. The summed E-state index contributed by atoms with van der Waals surface area (Å²) in [7, 11) is 1.82. The van der Waals surface area contributed by atoms with Gasteiger partial charge in [-0.1, -0.05) is 12.1 Å². The van der Waals surface area contributed by atoms with Crippen molar-refractivity contribution in [3.05, 3.63) is 48.0 Å². The first-order valence-corrected chi connectivity index (χ1v) is 8.02. The Kier molecular flexibility index (Phi) is 3.63. The highest BCUT2D eigenvalue weighted by molar-refractivity contribution is 5.89. The van der Waals surface area contributed by atoms with E-state index in [4.69, 9.17) is 0 Å². The van der Waals surface area contributed by atoms with Crippen LogP contribution in [0.15, 0.2) is 36.7 Å². The molecule has 0 bridgehead atoms. The highest BCUT2D eigenvalue weighted by Gasteiger charge is 2.37. The second-order valence-electron chi connectivity index (χ2n) is 6.18. The Morgan fingerprint density at radius 2 is 1.96 bits per heavy atom. The molecule has 8 heteroatoms. The van der Waals surface area contributed by atoms with Crippen LogP contribution in [-0.2, 0) is 13.2 Å². The minimum absolute atomic E-state index is 0.0342. The molecular weight excluding hydrogens is 331 g/mol. The number of nitrogens with zero attached hydrogens (tertiary/aromatic N) is 5. The van der Waals surface area contributed by atoms with Gasteiger partial charge in [0.25, 0.3) is 0 Å². The summed E-state index contributed by atoms with van der Waals surface area (Å²) in [5.74, 6) is -0.762. The van der Waals surface area contributed by atoms with Crippen LogP contribution in [0.25, 0.3) is 10.9 Å². The molecule has 1 fully saturated rings. The molecule has 1 saturated heterocycles. The third-order valence-corrected chi connectivity index (χ3v) is 4.47. The van der Waals surface area contributed by atoms with Gasteiger partial charge in [0.2, 0.25) is 5.82 Å². The van der Waals surface area contributed by atoms with Gasteiger partial charge in [-0.2, -0.15) is 18.3 Å². The normalized spacial score (nSPS) is 18.2. The molecule has 0 radical (unpaired) electrons. The van der Waals surface area contributed by atoms with E-state index in [0.29, 0.717) is 23.3 Å². The predicted octanol–water partition coefficient (Wildman–Crippen LogP) is 3.72. The molecule has 3 heterocycles. The Hall–Kier alpha value is -2.64. The maximum atomic E-state index is 13.2. The van der Waals surface area contributed by atoms with Gasteiger partial charge in [-0.05, 0) is 25.0 Å². The van der Waals surface area contributed by atoms with Crippen LogP contribution in [0.4, 0.5) is 19.0 Å². The zero-order valence-electron chi connectivity index (χ0n) is 13.5. The van der Waals surface area contributed by atoms with Crippen molar-refractivity contribution in [3.8, 4) is 0 Å². The van der Waals surface area contributed by atoms with E-state index in [1.807, 2.05) is 18.1 Å². The first-order chi connectivity index (χ1) is 11.9. The van der Waals surface area contributed by atoms with Crippen LogP contribution in [0.5, 0.6) is 0 Å². The fourth-order valence-corrected chi connectivity index (χ4v) is 3.38. The van der Waals surface area contributed by atoms with Crippen molar-refractivity contribution in [2.24, 2.45) is 7.05 Å². The summed E-state index contributed by atoms with van der Waals surface area (Å²) in [4.78, 5) is 9.54. The Morgan fingerprint density at radius 1 is 1.16 bits per heavy atom. The van der Waals surface area contributed by atoms with E-state index >= 15 is 0 Å². The first-order valence-electron chi connectivity index (χ1n) is 8.02. The molecule has 0 saturated carbocycles. The van der Waals surface area contributed by atoms with Crippen LogP contribution in [0.3, 0.4) is 0 Å². The molecule has 2 aromatic heterocycles. The Bertz CT molecular complexity index is 918. The molecule has 0 unspecified atom stereocenters. The third kappa shape index (κ3) is 2.81. The van der Waals surface area contributed by atoms with E-state index in [1.54, 1.807) is 35.1 Å². The summed E-state index contributed by atoms with van der Waals surface area (Å²) in [5, 5.41) is 4.82. The molecule has 1 aliphatic heterocycles. The SMILES string of the molecule is Cn1cc([C@H]2CCCN2c2nc(C(F)(F)F)nc3ccccc23)cn1. The standard InChI is InChI=1S/C17H16F3N5/c1-24-10-11(9-21-24)14-7-4-8-25(14)15-12-5-2-3-6-13(12)22-16(23-15)17(18,19)20/h2-3,5-6,9-10,14H,4,7-8H2,1H3/t14-/m1/s1. The largest absolute Gasteiger partial charge is 0.451 e. The van der Waals surface area contributed by atoms with Crippen molar-refractivity contribution in [2.75, 3.05) is 11.4 Å². The van der Waals surface area contributed by atoms with Gasteiger partial charge in [0, 0.05) is 30.7 Å². The molecule has 0 amide bonds. The number of halogens is 3. The maximum absolute atomic E-state index is 13.2. The predicted molar refractivity (Wildman–Crippen MR) is 87.1 cm³/mol. The molecule has 1 aliphatic rings. The molecule has 130 valence electrons. The van der Waals surface area contributed by atoms with Crippen LogP contribution in [0, 0.1) is 0 Å². The van der Waals surface area contributed by atoms with Crippen molar-refractivity contribution < 1.29 is 13.2 Å². The van der Waals surface area contributed by atoms with E-state index in [2.05, 4.69) is 15.1 Å². The first kappa shape index (κ1) is 15.9. The highest BCUT2D eigenvalue weighted by Crippen LogP contribution is 2.39. The lowest BCUT2D eigenvalue weighted by Crippen LogP contribution is -2.25. The Morgan fingerprint density at radius 3 is 2.68 bits per heavy atom. The van der Waals surface area contributed by atoms with Gasteiger partial charge in [-0.25, -0.2) is 9.97 Å². The van der Waals surface area contributed by atoms with Crippen LogP contribution < -0.4 is 4.90 Å². The molecule has 25 heavy (non-hydrogen) atoms. The second kappa shape index (κ2) is 5.72. The molecule has 5 nitrogen and oxygen atoms in total. The summed E-state index contributed by atoms with van der Waals surface area (Å²) in [6.07, 6.45) is 0.820. The topological polar surface area (TPSA) is 46.8 Å².